The second kappa shape index (κ2) is 8.11. The van der Waals surface area contributed by atoms with E-state index in [1.807, 2.05) is 21.1 Å². The first-order valence-corrected chi connectivity index (χ1v) is 7.50. The monoisotopic (exact) mass is 296 g/mol. The van der Waals surface area contributed by atoms with Gasteiger partial charge in [0.2, 0.25) is 0 Å². The summed E-state index contributed by atoms with van der Waals surface area (Å²) in [6, 6.07) is -0.819. The van der Waals surface area contributed by atoms with E-state index in [-0.39, 0.29) is 13.2 Å². The fourth-order valence-corrected chi connectivity index (χ4v) is 1.81. The lowest BCUT2D eigenvalue weighted by molar-refractivity contribution is -0.870. The normalized spacial score (nSPS) is 19.3. The van der Waals surface area contributed by atoms with Crippen molar-refractivity contribution in [3.8, 4) is 0 Å². The maximum Gasteiger partial charge on any atom is 0.268 e. The molecule has 3 N–H and O–H groups in total. The van der Waals surface area contributed by atoms with Crippen molar-refractivity contribution in [1.82, 2.24) is 0 Å². The van der Waals surface area contributed by atoms with Gasteiger partial charge in [-0.1, -0.05) is 12.2 Å². The number of aliphatic hydroxyl groups is 1. The van der Waals surface area contributed by atoms with Crippen molar-refractivity contribution in [2.45, 2.75) is 19.1 Å². The van der Waals surface area contributed by atoms with Crippen LogP contribution in [0.3, 0.4) is 0 Å². The molecular formula is C11H25N2O5P. The van der Waals surface area contributed by atoms with Gasteiger partial charge in [-0.2, -0.15) is 0 Å². The number of allylic oxidation sites excluding steroid dienone is 1. The molecule has 0 radical (unpaired) electrons. The molecule has 0 aliphatic heterocycles. The molecule has 0 aromatic heterocycles. The van der Waals surface area contributed by atoms with Crippen molar-refractivity contribution in [1.29, 1.82) is 0 Å². The molecule has 0 saturated carbocycles. The van der Waals surface area contributed by atoms with Gasteiger partial charge in [-0.15, -0.1) is 0 Å². The van der Waals surface area contributed by atoms with Gasteiger partial charge in [-0.3, -0.25) is 4.57 Å². The Morgan fingerprint density at radius 3 is 2.47 bits per heavy atom. The summed E-state index contributed by atoms with van der Waals surface area (Å²) in [5.41, 5.74) is 5.56. The number of rotatable bonds is 9. The molecule has 7 nitrogen and oxygen atoms in total. The Bertz CT molecular complexity index is 330. The predicted molar refractivity (Wildman–Crippen MR) is 71.2 cm³/mol. The Labute approximate surface area is 114 Å². The Morgan fingerprint density at radius 2 is 2.00 bits per heavy atom. The van der Waals surface area contributed by atoms with E-state index in [4.69, 9.17) is 10.3 Å². The molecule has 1 unspecified atom stereocenters. The third-order valence-corrected chi connectivity index (χ3v) is 3.23. The number of hydrogen-bond donors (Lipinski definition) is 2. The molecule has 114 valence electrons. The van der Waals surface area contributed by atoms with Gasteiger partial charge in [-0.25, -0.2) is 0 Å². The van der Waals surface area contributed by atoms with Crippen LogP contribution in [0.2, 0.25) is 0 Å². The summed E-state index contributed by atoms with van der Waals surface area (Å²) < 4.78 is 21.3. The maximum absolute atomic E-state index is 11.4. The van der Waals surface area contributed by atoms with Crippen LogP contribution < -0.4 is 10.6 Å². The van der Waals surface area contributed by atoms with Crippen LogP contribution in [-0.2, 0) is 13.6 Å². The van der Waals surface area contributed by atoms with E-state index < -0.39 is 20.0 Å². The zero-order valence-corrected chi connectivity index (χ0v) is 12.9. The fourth-order valence-electron chi connectivity index (χ4n) is 1.08. The Kier molecular flexibility index (Phi) is 8.00. The van der Waals surface area contributed by atoms with E-state index in [2.05, 4.69) is 4.52 Å². The average molecular weight is 296 g/mol. The molecule has 0 aliphatic rings. The highest BCUT2D eigenvalue weighted by Crippen LogP contribution is 2.38. The molecule has 8 heteroatoms. The number of nitrogens with two attached hydrogens (primary N) is 1. The summed E-state index contributed by atoms with van der Waals surface area (Å²) in [6.45, 7) is 1.97. The molecule has 0 amide bonds. The lowest BCUT2D eigenvalue weighted by Crippen LogP contribution is -2.39. The quantitative estimate of drug-likeness (QED) is 0.336. The van der Waals surface area contributed by atoms with Gasteiger partial charge in [0.25, 0.3) is 7.82 Å². The SMILES string of the molecule is C/C=C/[C@@H](O)[C@@H](N)COP(=O)([O-])OCC[N+](C)(C)C. The van der Waals surface area contributed by atoms with Crippen LogP contribution in [-0.4, -0.2) is 62.6 Å². The molecule has 0 fully saturated rings. The molecule has 0 spiro atoms. The predicted octanol–water partition coefficient (Wildman–Crippen LogP) is -0.541. The second-order valence-electron chi connectivity index (χ2n) is 5.27. The third-order valence-electron chi connectivity index (χ3n) is 2.26. The number of phosphoric ester groups is 1. The summed E-state index contributed by atoms with van der Waals surface area (Å²) in [4.78, 5) is 11.4. The minimum absolute atomic E-state index is 0.0386. The zero-order valence-electron chi connectivity index (χ0n) is 12.0. The highest BCUT2D eigenvalue weighted by Gasteiger charge is 2.17. The van der Waals surface area contributed by atoms with Crippen molar-refractivity contribution >= 4 is 7.82 Å². The number of hydrogen-bond acceptors (Lipinski definition) is 6. The summed E-state index contributed by atoms with van der Waals surface area (Å²) in [5, 5.41) is 9.47. The van der Waals surface area contributed by atoms with Crippen LogP contribution in [0.4, 0.5) is 0 Å². The summed E-state index contributed by atoms with van der Waals surface area (Å²) in [5.74, 6) is 0. The molecule has 0 aromatic rings. The summed E-state index contributed by atoms with van der Waals surface area (Å²) >= 11 is 0. The first kappa shape index (κ1) is 18.7. The molecule has 0 saturated heterocycles. The van der Waals surface area contributed by atoms with Gasteiger partial charge in [0, 0.05) is 0 Å². The minimum atomic E-state index is -4.37. The van der Waals surface area contributed by atoms with Gasteiger partial charge in [0.1, 0.15) is 13.2 Å². The Hall–Kier alpha value is -0.270. The van der Waals surface area contributed by atoms with Gasteiger partial charge in [0.15, 0.2) is 0 Å². The highest BCUT2D eigenvalue weighted by molar-refractivity contribution is 7.45. The van der Waals surface area contributed by atoms with E-state index in [1.54, 1.807) is 13.0 Å². The molecule has 19 heavy (non-hydrogen) atoms. The van der Waals surface area contributed by atoms with Gasteiger partial charge < -0.3 is 29.3 Å². The first-order valence-electron chi connectivity index (χ1n) is 6.04. The van der Waals surface area contributed by atoms with E-state index >= 15 is 0 Å². The van der Waals surface area contributed by atoms with E-state index in [0.717, 1.165) is 0 Å². The topological polar surface area (TPSA) is 105 Å². The maximum atomic E-state index is 11.4. The van der Waals surface area contributed by atoms with Crippen LogP contribution in [0.15, 0.2) is 12.2 Å². The number of quaternary nitrogens is 1. The van der Waals surface area contributed by atoms with Crippen molar-refractivity contribution < 1.29 is 28.1 Å². The molecule has 0 aliphatic carbocycles. The van der Waals surface area contributed by atoms with E-state index in [9.17, 15) is 14.6 Å². The number of aliphatic hydroxyl groups excluding tert-OH is 1. The summed E-state index contributed by atoms with van der Waals surface area (Å²) in [7, 11) is 1.39. The van der Waals surface area contributed by atoms with Crippen molar-refractivity contribution in [2.24, 2.45) is 5.73 Å². The number of likely N-dealkylation sites (N-methyl/N-ethyl adjacent to an activating group) is 1. The van der Waals surface area contributed by atoms with Crippen molar-refractivity contribution in [2.75, 3.05) is 40.9 Å². The van der Waals surface area contributed by atoms with Crippen molar-refractivity contribution in [3.05, 3.63) is 12.2 Å². The standard InChI is InChI=1S/C11H25N2O5P/c1-5-6-11(14)10(12)9-18-19(15,16)17-8-7-13(2,3)4/h5-6,10-11,14H,7-9,12H2,1-4H3/b6-5+/t10-,11+/m0/s1. The van der Waals surface area contributed by atoms with E-state index in [0.29, 0.717) is 11.0 Å². The molecule has 0 aromatic carbocycles. The fraction of sp³-hybridized carbons (Fsp3) is 0.818. The second-order valence-corrected chi connectivity index (χ2v) is 6.68. The van der Waals surface area contributed by atoms with Crippen LogP contribution >= 0.6 is 7.82 Å². The molecule has 0 heterocycles. The van der Waals surface area contributed by atoms with Gasteiger partial charge in [-0.05, 0) is 6.92 Å². The van der Waals surface area contributed by atoms with Crippen LogP contribution in [0.1, 0.15) is 6.92 Å². The van der Waals surface area contributed by atoms with Gasteiger partial charge >= 0.3 is 0 Å². The zero-order chi connectivity index (χ0) is 15.1. The molecule has 0 rings (SSSR count). The van der Waals surface area contributed by atoms with Crippen molar-refractivity contribution in [3.63, 3.8) is 0 Å². The Balaban J connectivity index is 4.06. The summed E-state index contributed by atoms with van der Waals surface area (Å²) in [6.07, 6.45) is 2.14. The molecule has 3 atom stereocenters. The molecular weight excluding hydrogens is 271 g/mol. The number of phosphoric acid groups is 1. The van der Waals surface area contributed by atoms with Crippen LogP contribution in [0, 0.1) is 0 Å². The van der Waals surface area contributed by atoms with Crippen LogP contribution in [0.5, 0.6) is 0 Å². The Morgan fingerprint density at radius 1 is 1.42 bits per heavy atom. The lowest BCUT2D eigenvalue weighted by atomic mass is 10.2. The third kappa shape index (κ3) is 10.2. The largest absolute Gasteiger partial charge is 0.756 e. The minimum Gasteiger partial charge on any atom is -0.756 e. The number of nitrogens with zero attached hydrogens (tertiary/aromatic N) is 1. The highest BCUT2D eigenvalue weighted by atomic mass is 31.2. The lowest BCUT2D eigenvalue weighted by Gasteiger charge is -2.28. The smallest absolute Gasteiger partial charge is 0.268 e. The average Bonchev–Trinajstić information content (AvgIpc) is 2.24. The molecule has 0 bridgehead atoms. The van der Waals surface area contributed by atoms with Gasteiger partial charge in [0.05, 0.1) is 39.9 Å². The first-order chi connectivity index (χ1) is 8.57. The van der Waals surface area contributed by atoms with Crippen LogP contribution in [0.25, 0.3) is 0 Å². The van der Waals surface area contributed by atoms with E-state index in [1.165, 1.54) is 6.08 Å².